The number of nitrogens with zero attached hydrogens (tertiary/aromatic N) is 3. The summed E-state index contributed by atoms with van der Waals surface area (Å²) in [5, 5.41) is 1.20. The highest BCUT2D eigenvalue weighted by Crippen LogP contribution is 2.32. The number of amides is 1. The van der Waals surface area contributed by atoms with Crippen molar-refractivity contribution < 1.29 is 9.53 Å². The number of methoxy groups -OCH3 is 1. The SMILES string of the molecule is CCc1sc2nc(SCC(=O)N3C(C)CCCC3C)n(-c3cccc(OC)c3)c(=O)c2c1C. The average molecular weight is 486 g/mol. The number of hydrogen-bond donors (Lipinski definition) is 0. The highest BCUT2D eigenvalue weighted by Gasteiger charge is 2.29. The van der Waals surface area contributed by atoms with Gasteiger partial charge in [-0.3, -0.25) is 14.2 Å². The van der Waals surface area contributed by atoms with Gasteiger partial charge in [0.1, 0.15) is 10.6 Å². The minimum absolute atomic E-state index is 0.0999. The van der Waals surface area contributed by atoms with Crippen molar-refractivity contribution in [2.45, 2.75) is 70.6 Å². The Morgan fingerprint density at radius 1 is 1.27 bits per heavy atom. The zero-order valence-corrected chi connectivity index (χ0v) is 21.5. The number of hydrogen-bond acceptors (Lipinski definition) is 6. The second-order valence-corrected chi connectivity index (χ2v) is 10.7. The Balaban J connectivity index is 1.77. The maximum absolute atomic E-state index is 13.7. The Hall–Kier alpha value is -2.32. The quantitative estimate of drug-likeness (QED) is 0.354. The third-order valence-electron chi connectivity index (χ3n) is 6.47. The van der Waals surface area contributed by atoms with Crippen molar-refractivity contribution in [1.29, 1.82) is 0 Å². The van der Waals surface area contributed by atoms with Crippen molar-refractivity contribution in [2.75, 3.05) is 12.9 Å². The summed E-state index contributed by atoms with van der Waals surface area (Å²) >= 11 is 2.91. The van der Waals surface area contributed by atoms with Gasteiger partial charge in [0.15, 0.2) is 5.16 Å². The molecule has 2 unspecified atom stereocenters. The number of likely N-dealkylation sites (tertiary alicyclic amines) is 1. The van der Waals surface area contributed by atoms with Gasteiger partial charge in [0.25, 0.3) is 5.56 Å². The second-order valence-electron chi connectivity index (χ2n) is 8.64. The Morgan fingerprint density at radius 3 is 2.67 bits per heavy atom. The summed E-state index contributed by atoms with van der Waals surface area (Å²) in [6.45, 7) is 8.32. The lowest BCUT2D eigenvalue weighted by Crippen LogP contribution is -2.48. The van der Waals surface area contributed by atoms with Gasteiger partial charge in [-0.25, -0.2) is 4.98 Å². The number of aryl methyl sites for hydroxylation is 2. The molecule has 1 aromatic carbocycles. The molecule has 1 aliphatic heterocycles. The molecule has 1 amide bonds. The van der Waals surface area contributed by atoms with E-state index in [0.717, 1.165) is 36.1 Å². The number of thiophene rings is 1. The summed E-state index contributed by atoms with van der Waals surface area (Å²) in [5.74, 6) is 1.02. The summed E-state index contributed by atoms with van der Waals surface area (Å²) in [6.07, 6.45) is 4.09. The summed E-state index contributed by atoms with van der Waals surface area (Å²) < 4.78 is 7.02. The van der Waals surface area contributed by atoms with Crippen molar-refractivity contribution in [1.82, 2.24) is 14.5 Å². The number of carbonyl (C=O) groups excluding carboxylic acids is 1. The topological polar surface area (TPSA) is 64.4 Å². The van der Waals surface area contributed by atoms with Gasteiger partial charge in [0, 0.05) is 23.0 Å². The fraction of sp³-hybridized carbons (Fsp3) is 0.480. The van der Waals surface area contributed by atoms with E-state index in [-0.39, 0.29) is 29.3 Å². The number of thioether (sulfide) groups is 1. The summed E-state index contributed by atoms with van der Waals surface area (Å²) in [6, 6.07) is 7.90. The monoisotopic (exact) mass is 485 g/mol. The summed E-state index contributed by atoms with van der Waals surface area (Å²) in [5.41, 5.74) is 1.58. The van der Waals surface area contributed by atoms with Crippen LogP contribution in [-0.2, 0) is 11.2 Å². The highest BCUT2D eigenvalue weighted by atomic mass is 32.2. The van der Waals surface area contributed by atoms with Crippen LogP contribution in [0.1, 0.15) is 50.5 Å². The third kappa shape index (κ3) is 4.55. The molecule has 0 bridgehead atoms. The standard InChI is InChI=1S/C25H31N3O3S2/c1-6-20-17(4)22-23(33-20)26-25(28(24(22)30)18-11-8-12-19(13-18)31-5)32-14-21(29)27-15(2)9-7-10-16(27)3/h8,11-13,15-16H,6-7,9-10,14H2,1-5H3. The fourth-order valence-corrected chi connectivity index (χ4v) is 6.78. The molecule has 0 radical (unpaired) electrons. The molecule has 8 heteroatoms. The fourth-order valence-electron chi connectivity index (χ4n) is 4.74. The van der Waals surface area contributed by atoms with Gasteiger partial charge < -0.3 is 9.64 Å². The van der Waals surface area contributed by atoms with Crippen LogP contribution in [0.5, 0.6) is 5.75 Å². The van der Waals surface area contributed by atoms with Crippen molar-refractivity contribution in [3.63, 3.8) is 0 Å². The van der Waals surface area contributed by atoms with E-state index in [1.54, 1.807) is 23.0 Å². The van der Waals surface area contributed by atoms with E-state index in [1.165, 1.54) is 16.6 Å². The van der Waals surface area contributed by atoms with Crippen molar-refractivity contribution in [2.24, 2.45) is 0 Å². The molecule has 6 nitrogen and oxygen atoms in total. The van der Waals surface area contributed by atoms with Gasteiger partial charge in [0.05, 0.1) is 23.9 Å². The number of carbonyl (C=O) groups is 1. The number of benzene rings is 1. The smallest absolute Gasteiger partial charge is 0.267 e. The van der Waals surface area contributed by atoms with Gasteiger partial charge in [-0.05, 0) is 64.2 Å². The molecule has 0 saturated carbocycles. The van der Waals surface area contributed by atoms with Gasteiger partial charge in [0.2, 0.25) is 5.91 Å². The lowest BCUT2D eigenvalue weighted by Gasteiger charge is -2.39. The molecule has 4 rings (SSSR count). The first-order valence-corrected chi connectivity index (χ1v) is 13.3. The highest BCUT2D eigenvalue weighted by molar-refractivity contribution is 7.99. The molecule has 3 aromatic rings. The molecule has 176 valence electrons. The van der Waals surface area contributed by atoms with Crippen LogP contribution in [0.4, 0.5) is 0 Å². The normalized spacial score (nSPS) is 18.6. The number of piperidine rings is 1. The van der Waals surface area contributed by atoms with E-state index in [2.05, 4.69) is 20.8 Å². The molecule has 3 heterocycles. The van der Waals surface area contributed by atoms with E-state index in [1.807, 2.05) is 36.1 Å². The van der Waals surface area contributed by atoms with E-state index in [9.17, 15) is 9.59 Å². The van der Waals surface area contributed by atoms with Crippen LogP contribution in [0.15, 0.2) is 34.2 Å². The molecule has 33 heavy (non-hydrogen) atoms. The zero-order valence-electron chi connectivity index (χ0n) is 19.9. The number of rotatable bonds is 6. The first kappa shape index (κ1) is 23.8. The Kier molecular flexibility index (Phi) is 7.14. The third-order valence-corrected chi connectivity index (χ3v) is 8.72. The predicted octanol–water partition coefficient (Wildman–Crippen LogP) is 5.21. The van der Waals surface area contributed by atoms with Crippen molar-refractivity contribution in [3.05, 3.63) is 45.1 Å². The Labute approximate surface area is 203 Å². The molecule has 1 saturated heterocycles. The molecule has 0 aliphatic carbocycles. The molecule has 1 aliphatic rings. The second kappa shape index (κ2) is 9.89. The molecule has 2 atom stereocenters. The van der Waals surface area contributed by atoms with Crippen LogP contribution >= 0.6 is 23.1 Å². The molecule has 1 fully saturated rings. The Morgan fingerprint density at radius 2 is 2.00 bits per heavy atom. The summed E-state index contributed by atoms with van der Waals surface area (Å²) in [7, 11) is 1.61. The van der Waals surface area contributed by atoms with Crippen molar-refractivity contribution in [3.8, 4) is 11.4 Å². The van der Waals surface area contributed by atoms with Crippen LogP contribution in [-0.4, -0.2) is 45.3 Å². The van der Waals surface area contributed by atoms with E-state index in [0.29, 0.717) is 22.0 Å². The maximum atomic E-state index is 13.7. The van der Waals surface area contributed by atoms with Crippen LogP contribution in [0.3, 0.4) is 0 Å². The number of ether oxygens (including phenoxy) is 1. The van der Waals surface area contributed by atoms with Gasteiger partial charge in [-0.1, -0.05) is 24.8 Å². The predicted molar refractivity (Wildman–Crippen MR) is 136 cm³/mol. The number of aromatic nitrogens is 2. The number of fused-ring (bicyclic) bond motifs is 1. The van der Waals surface area contributed by atoms with Gasteiger partial charge in [-0.15, -0.1) is 11.3 Å². The van der Waals surface area contributed by atoms with Crippen molar-refractivity contribution >= 4 is 39.2 Å². The van der Waals surface area contributed by atoms with E-state index < -0.39 is 0 Å². The molecule has 0 N–H and O–H groups in total. The van der Waals surface area contributed by atoms with Crippen LogP contribution in [0.25, 0.3) is 15.9 Å². The van der Waals surface area contributed by atoms with Gasteiger partial charge in [-0.2, -0.15) is 0 Å². The van der Waals surface area contributed by atoms with Crippen LogP contribution in [0, 0.1) is 6.92 Å². The molecule has 2 aromatic heterocycles. The minimum Gasteiger partial charge on any atom is -0.497 e. The molecular formula is C25H31N3O3S2. The minimum atomic E-state index is -0.101. The molecule has 0 spiro atoms. The van der Waals surface area contributed by atoms with Crippen LogP contribution in [0.2, 0.25) is 0 Å². The molecular weight excluding hydrogens is 454 g/mol. The largest absolute Gasteiger partial charge is 0.497 e. The Bertz CT molecular complexity index is 1220. The first-order valence-electron chi connectivity index (χ1n) is 11.5. The van der Waals surface area contributed by atoms with Crippen LogP contribution < -0.4 is 10.3 Å². The van der Waals surface area contributed by atoms with E-state index in [4.69, 9.17) is 9.72 Å². The summed E-state index contributed by atoms with van der Waals surface area (Å²) in [4.78, 5) is 35.7. The lowest BCUT2D eigenvalue weighted by atomic mass is 9.98. The average Bonchev–Trinajstić information content (AvgIpc) is 3.13. The lowest BCUT2D eigenvalue weighted by molar-refractivity contribution is -0.134. The first-order chi connectivity index (χ1) is 15.8. The van der Waals surface area contributed by atoms with Gasteiger partial charge >= 0.3 is 0 Å². The zero-order chi connectivity index (χ0) is 23.7. The maximum Gasteiger partial charge on any atom is 0.267 e. The van der Waals surface area contributed by atoms with E-state index >= 15 is 0 Å².